The van der Waals surface area contributed by atoms with Gasteiger partial charge in [-0.15, -0.1) is 11.8 Å². The van der Waals surface area contributed by atoms with E-state index in [1.807, 2.05) is 17.9 Å². The summed E-state index contributed by atoms with van der Waals surface area (Å²) in [6, 6.07) is -0.619. The molecule has 0 saturated carbocycles. The number of nitrogens with zero attached hydrogens (tertiary/aromatic N) is 2. The van der Waals surface area contributed by atoms with Crippen molar-refractivity contribution in [1.82, 2.24) is 9.80 Å². The molecule has 0 aromatic rings. The van der Waals surface area contributed by atoms with Gasteiger partial charge in [-0.25, -0.2) is 0 Å². The summed E-state index contributed by atoms with van der Waals surface area (Å²) in [5.41, 5.74) is 0. The Bertz CT molecular complexity index is 876. The van der Waals surface area contributed by atoms with Gasteiger partial charge in [0.2, 0.25) is 11.8 Å². The molecule has 1 unspecified atom stereocenters. The fourth-order valence-corrected chi connectivity index (χ4v) is 8.37. The van der Waals surface area contributed by atoms with Crippen LogP contribution in [0.2, 0.25) is 0 Å². The van der Waals surface area contributed by atoms with Gasteiger partial charge in [0, 0.05) is 31.0 Å². The minimum Gasteiger partial charge on any atom is -0.465 e. The lowest BCUT2D eigenvalue weighted by Crippen LogP contribution is -2.53. The quantitative estimate of drug-likeness (QED) is 0.295. The number of allylic oxidation sites excluding steroid dienone is 1. The summed E-state index contributed by atoms with van der Waals surface area (Å²) in [7, 11) is 0. The SMILES string of the molecule is CCCCN1CC=C[C@]23S[C@@]4(C)/C=C\CCCOC(=O)[C@H]4[C@H]2C(=O)N(CCCCCCO)C3C1=O. The van der Waals surface area contributed by atoms with Crippen molar-refractivity contribution in [2.24, 2.45) is 11.8 Å². The Kier molecular flexibility index (Phi) is 8.31. The van der Waals surface area contributed by atoms with Crippen LogP contribution in [-0.2, 0) is 19.1 Å². The van der Waals surface area contributed by atoms with E-state index in [2.05, 4.69) is 25.2 Å². The highest BCUT2D eigenvalue weighted by Crippen LogP contribution is 2.65. The zero-order valence-corrected chi connectivity index (χ0v) is 21.9. The van der Waals surface area contributed by atoms with Gasteiger partial charge < -0.3 is 19.6 Å². The molecule has 1 N–H and O–H groups in total. The maximum absolute atomic E-state index is 14.1. The Morgan fingerprint density at radius 1 is 1.03 bits per heavy atom. The summed E-state index contributed by atoms with van der Waals surface area (Å²) >= 11 is 1.61. The van der Waals surface area contributed by atoms with Crippen molar-refractivity contribution < 1.29 is 24.2 Å². The number of esters is 1. The van der Waals surface area contributed by atoms with Crippen molar-refractivity contribution in [2.75, 3.05) is 32.8 Å². The highest BCUT2D eigenvalue weighted by Gasteiger charge is 2.73. The number of fused-ring (bicyclic) bond motifs is 2. The van der Waals surface area contributed by atoms with Crippen molar-refractivity contribution in [3.63, 3.8) is 0 Å². The summed E-state index contributed by atoms with van der Waals surface area (Å²) in [5, 5.41) is 9.10. The van der Waals surface area contributed by atoms with E-state index in [1.165, 1.54) is 0 Å². The number of hydrogen-bond donors (Lipinski definition) is 1. The Morgan fingerprint density at radius 3 is 2.60 bits per heavy atom. The van der Waals surface area contributed by atoms with E-state index in [1.54, 1.807) is 16.7 Å². The van der Waals surface area contributed by atoms with E-state index in [4.69, 9.17) is 9.84 Å². The molecule has 0 aliphatic carbocycles. The second-order valence-corrected chi connectivity index (χ2v) is 12.2. The summed E-state index contributed by atoms with van der Waals surface area (Å²) in [5.74, 6) is -1.68. The van der Waals surface area contributed by atoms with E-state index in [9.17, 15) is 14.4 Å². The third kappa shape index (κ3) is 4.80. The average Bonchev–Trinajstić information content (AvgIpc) is 3.18. The fourth-order valence-electron chi connectivity index (χ4n) is 6.22. The first-order chi connectivity index (χ1) is 16.9. The summed E-state index contributed by atoms with van der Waals surface area (Å²) < 4.78 is 4.26. The summed E-state index contributed by atoms with van der Waals surface area (Å²) in [6.07, 6.45) is 15.1. The average molecular weight is 505 g/mol. The zero-order valence-electron chi connectivity index (χ0n) is 21.1. The lowest BCUT2D eigenvalue weighted by atomic mass is 9.74. The van der Waals surface area contributed by atoms with Gasteiger partial charge in [0.1, 0.15) is 6.04 Å². The van der Waals surface area contributed by atoms with Crippen LogP contribution < -0.4 is 0 Å². The molecule has 0 radical (unpaired) electrons. The molecule has 7 nitrogen and oxygen atoms in total. The molecule has 8 heteroatoms. The third-order valence-electron chi connectivity index (χ3n) is 7.92. The van der Waals surface area contributed by atoms with Crippen molar-refractivity contribution >= 4 is 29.5 Å². The Morgan fingerprint density at radius 2 is 1.83 bits per heavy atom. The topological polar surface area (TPSA) is 87.2 Å². The van der Waals surface area contributed by atoms with Crippen LogP contribution in [0.25, 0.3) is 0 Å². The monoisotopic (exact) mass is 504 g/mol. The molecule has 4 rings (SSSR count). The minimum absolute atomic E-state index is 0.00500. The predicted molar refractivity (Wildman–Crippen MR) is 137 cm³/mol. The number of aliphatic hydroxyl groups excluding tert-OH is 1. The molecule has 2 amide bonds. The number of likely N-dealkylation sites (tertiary alicyclic amines) is 1. The largest absolute Gasteiger partial charge is 0.465 e. The molecule has 4 heterocycles. The molecular weight excluding hydrogens is 464 g/mol. The summed E-state index contributed by atoms with van der Waals surface area (Å²) in [4.78, 5) is 45.2. The number of unbranched alkanes of at least 4 members (excludes halogenated alkanes) is 4. The van der Waals surface area contributed by atoms with Crippen LogP contribution >= 0.6 is 11.8 Å². The van der Waals surface area contributed by atoms with Crippen molar-refractivity contribution in [3.05, 3.63) is 24.3 Å². The molecule has 2 saturated heterocycles. The van der Waals surface area contributed by atoms with Gasteiger partial charge >= 0.3 is 5.97 Å². The first-order valence-electron chi connectivity index (χ1n) is 13.3. The van der Waals surface area contributed by atoms with Gasteiger partial charge in [0.05, 0.1) is 23.2 Å². The van der Waals surface area contributed by atoms with Crippen LogP contribution in [0.5, 0.6) is 0 Å². The molecule has 194 valence electrons. The molecule has 5 atom stereocenters. The number of aliphatic hydroxyl groups is 1. The first kappa shape index (κ1) is 26.3. The lowest BCUT2D eigenvalue weighted by Gasteiger charge is -2.37. The maximum Gasteiger partial charge on any atom is 0.311 e. The zero-order chi connectivity index (χ0) is 25.1. The van der Waals surface area contributed by atoms with Crippen LogP contribution in [0, 0.1) is 11.8 Å². The van der Waals surface area contributed by atoms with Crippen LogP contribution in [0.4, 0.5) is 0 Å². The van der Waals surface area contributed by atoms with Crippen LogP contribution in [0.1, 0.15) is 65.2 Å². The normalized spacial score (nSPS) is 35.5. The van der Waals surface area contributed by atoms with Gasteiger partial charge in [-0.2, -0.15) is 0 Å². The number of hydrogen-bond acceptors (Lipinski definition) is 6. The van der Waals surface area contributed by atoms with Gasteiger partial charge in [0.15, 0.2) is 0 Å². The van der Waals surface area contributed by atoms with Crippen molar-refractivity contribution in [2.45, 2.75) is 80.7 Å². The standard InChI is InChI=1S/C27H40N2O5S/c1-3-4-15-28-16-12-14-27-20(21-25(33)34-19-11-7-8-13-26(21,2)35-27)23(31)29(22(27)24(28)32)17-9-5-6-10-18-30/h8,12-14,20-22,30H,3-7,9-11,15-19H2,1-2H3/b13-8-/t20-,21+,22?,26-,27-/m0/s1. The van der Waals surface area contributed by atoms with Gasteiger partial charge in [-0.05, 0) is 39.0 Å². The number of amides is 2. The van der Waals surface area contributed by atoms with Crippen LogP contribution in [-0.4, -0.2) is 81.1 Å². The van der Waals surface area contributed by atoms with Crippen molar-refractivity contribution in [3.8, 4) is 0 Å². The van der Waals surface area contributed by atoms with E-state index in [0.29, 0.717) is 26.2 Å². The third-order valence-corrected chi connectivity index (χ3v) is 9.72. The number of ether oxygens (including phenoxy) is 1. The molecule has 0 bridgehead atoms. The highest BCUT2D eigenvalue weighted by atomic mass is 32.2. The predicted octanol–water partition coefficient (Wildman–Crippen LogP) is 3.32. The Balaban J connectivity index is 1.73. The number of rotatable bonds is 9. The molecule has 0 aromatic carbocycles. The molecule has 2 fully saturated rings. The van der Waals surface area contributed by atoms with Gasteiger partial charge in [-0.1, -0.05) is 50.5 Å². The fraction of sp³-hybridized carbons (Fsp3) is 0.741. The minimum atomic E-state index is -0.789. The Hall–Kier alpha value is -1.80. The second kappa shape index (κ2) is 11.1. The molecule has 4 aliphatic rings. The lowest BCUT2D eigenvalue weighted by molar-refractivity contribution is -0.154. The second-order valence-electron chi connectivity index (χ2n) is 10.4. The number of carbonyl (C=O) groups is 3. The molecular formula is C27H40N2O5S. The van der Waals surface area contributed by atoms with E-state index >= 15 is 0 Å². The van der Waals surface area contributed by atoms with Crippen molar-refractivity contribution in [1.29, 1.82) is 0 Å². The number of carbonyl (C=O) groups excluding carboxylic acids is 3. The first-order valence-corrected chi connectivity index (χ1v) is 14.1. The van der Waals surface area contributed by atoms with Gasteiger partial charge in [-0.3, -0.25) is 14.4 Å². The summed E-state index contributed by atoms with van der Waals surface area (Å²) in [6.45, 7) is 6.35. The van der Waals surface area contributed by atoms with Gasteiger partial charge in [0.25, 0.3) is 0 Å². The van der Waals surface area contributed by atoms with E-state index in [-0.39, 0.29) is 24.4 Å². The molecule has 35 heavy (non-hydrogen) atoms. The molecule has 0 aromatic heterocycles. The highest BCUT2D eigenvalue weighted by molar-refractivity contribution is 8.02. The Labute approximate surface area is 213 Å². The number of thioether (sulfide) groups is 1. The van der Waals surface area contributed by atoms with E-state index < -0.39 is 27.4 Å². The van der Waals surface area contributed by atoms with Crippen LogP contribution in [0.15, 0.2) is 24.3 Å². The van der Waals surface area contributed by atoms with Crippen LogP contribution in [0.3, 0.4) is 0 Å². The molecule has 1 spiro atoms. The van der Waals surface area contributed by atoms with E-state index in [0.717, 1.165) is 51.4 Å². The maximum atomic E-state index is 14.1. The molecule has 4 aliphatic heterocycles. The number of cyclic esters (lactones) is 1. The smallest absolute Gasteiger partial charge is 0.311 e.